The average molecular weight is 288 g/mol. The van der Waals surface area contributed by atoms with Crippen LogP contribution in [0.4, 0.5) is 11.5 Å². The molecule has 112 valence electrons. The summed E-state index contributed by atoms with van der Waals surface area (Å²) in [4.78, 5) is 8.52. The molecule has 3 N–H and O–H groups in total. The number of nitrogen functional groups attached to an aromatic ring is 1. The molecule has 1 aromatic heterocycles. The molecule has 0 aliphatic rings. The summed E-state index contributed by atoms with van der Waals surface area (Å²) in [5, 5.41) is 3.21. The summed E-state index contributed by atoms with van der Waals surface area (Å²) >= 11 is 0. The van der Waals surface area contributed by atoms with E-state index in [4.69, 9.17) is 15.2 Å². The molecule has 0 radical (unpaired) electrons. The van der Waals surface area contributed by atoms with Crippen LogP contribution < -0.4 is 15.8 Å². The van der Waals surface area contributed by atoms with E-state index in [1.807, 2.05) is 30.3 Å². The van der Waals surface area contributed by atoms with Crippen molar-refractivity contribution in [3.63, 3.8) is 0 Å². The summed E-state index contributed by atoms with van der Waals surface area (Å²) in [7, 11) is 1.62. The molecule has 0 aliphatic heterocycles. The number of anilines is 2. The molecule has 6 heteroatoms. The van der Waals surface area contributed by atoms with Crippen LogP contribution in [0.25, 0.3) is 0 Å². The molecule has 0 amide bonds. The quantitative estimate of drug-likeness (QED) is 0.758. The highest BCUT2D eigenvalue weighted by molar-refractivity contribution is 5.66. The van der Waals surface area contributed by atoms with Crippen molar-refractivity contribution in [2.45, 2.75) is 13.5 Å². The number of hydrogen-bond donors (Lipinski definition) is 2. The molecule has 0 atom stereocenters. The van der Waals surface area contributed by atoms with Crippen molar-refractivity contribution in [1.82, 2.24) is 9.97 Å². The summed E-state index contributed by atoms with van der Waals surface area (Å²) in [6, 6.07) is 10.0. The zero-order chi connectivity index (χ0) is 15.1. The Morgan fingerprint density at radius 1 is 1.14 bits per heavy atom. The van der Waals surface area contributed by atoms with Crippen LogP contribution in [0.1, 0.15) is 11.4 Å². The van der Waals surface area contributed by atoms with Gasteiger partial charge in [-0.2, -0.15) is 4.98 Å². The van der Waals surface area contributed by atoms with Crippen molar-refractivity contribution in [1.29, 1.82) is 0 Å². The van der Waals surface area contributed by atoms with Gasteiger partial charge in [0.25, 0.3) is 0 Å². The highest BCUT2D eigenvalue weighted by Gasteiger charge is 2.11. The minimum absolute atomic E-state index is 0.384. The predicted octanol–water partition coefficient (Wildman–Crippen LogP) is 2.00. The van der Waals surface area contributed by atoms with E-state index in [2.05, 4.69) is 15.3 Å². The molecule has 6 nitrogen and oxygen atoms in total. The van der Waals surface area contributed by atoms with Gasteiger partial charge in [-0.1, -0.05) is 30.3 Å². The van der Waals surface area contributed by atoms with Gasteiger partial charge in [0.15, 0.2) is 5.82 Å². The third-order valence-corrected chi connectivity index (χ3v) is 2.85. The predicted molar refractivity (Wildman–Crippen MR) is 82.3 cm³/mol. The van der Waals surface area contributed by atoms with Crippen LogP contribution >= 0.6 is 0 Å². The standard InChI is InChI=1S/C15H20N4O2/c1-11-18-14(17-10-12-6-4-3-5-7-12)13(16)15(19-11)21-9-8-20-2/h3-7H,8-10,16H2,1-2H3,(H,17,18,19). The van der Waals surface area contributed by atoms with E-state index in [0.29, 0.717) is 43.0 Å². The van der Waals surface area contributed by atoms with Crippen LogP contribution in [-0.2, 0) is 11.3 Å². The van der Waals surface area contributed by atoms with E-state index in [9.17, 15) is 0 Å². The van der Waals surface area contributed by atoms with Gasteiger partial charge in [0.2, 0.25) is 5.88 Å². The lowest BCUT2D eigenvalue weighted by atomic mass is 10.2. The number of benzene rings is 1. The Morgan fingerprint density at radius 2 is 1.90 bits per heavy atom. The van der Waals surface area contributed by atoms with Gasteiger partial charge in [-0.15, -0.1) is 0 Å². The van der Waals surface area contributed by atoms with Crippen molar-refractivity contribution >= 4 is 11.5 Å². The second-order valence-electron chi connectivity index (χ2n) is 4.52. The van der Waals surface area contributed by atoms with E-state index in [0.717, 1.165) is 5.56 Å². The van der Waals surface area contributed by atoms with Crippen molar-refractivity contribution < 1.29 is 9.47 Å². The Balaban J connectivity index is 2.08. The molecule has 2 rings (SSSR count). The third kappa shape index (κ3) is 4.32. The number of nitrogens with two attached hydrogens (primary N) is 1. The van der Waals surface area contributed by atoms with Gasteiger partial charge >= 0.3 is 0 Å². The van der Waals surface area contributed by atoms with Crippen LogP contribution in [0.5, 0.6) is 5.88 Å². The fourth-order valence-corrected chi connectivity index (χ4v) is 1.80. The minimum Gasteiger partial charge on any atom is -0.474 e. The smallest absolute Gasteiger partial charge is 0.242 e. The first-order chi connectivity index (χ1) is 10.2. The van der Waals surface area contributed by atoms with E-state index in [1.165, 1.54) is 0 Å². The van der Waals surface area contributed by atoms with Gasteiger partial charge in [0.1, 0.15) is 18.1 Å². The lowest BCUT2D eigenvalue weighted by Crippen LogP contribution is -2.12. The maximum Gasteiger partial charge on any atom is 0.242 e. The lowest BCUT2D eigenvalue weighted by molar-refractivity contribution is 0.144. The SMILES string of the molecule is COCCOc1nc(C)nc(NCc2ccccc2)c1N. The molecule has 1 heterocycles. The highest BCUT2D eigenvalue weighted by atomic mass is 16.5. The molecule has 0 saturated heterocycles. The Labute approximate surface area is 124 Å². The largest absolute Gasteiger partial charge is 0.474 e. The lowest BCUT2D eigenvalue weighted by Gasteiger charge is -2.13. The van der Waals surface area contributed by atoms with Gasteiger partial charge in [0.05, 0.1) is 6.61 Å². The van der Waals surface area contributed by atoms with Crippen LogP contribution in [0, 0.1) is 6.92 Å². The van der Waals surface area contributed by atoms with Crippen LogP contribution in [0.2, 0.25) is 0 Å². The first-order valence-corrected chi connectivity index (χ1v) is 6.74. The number of nitrogens with zero attached hydrogens (tertiary/aromatic N) is 2. The fraction of sp³-hybridized carbons (Fsp3) is 0.333. The summed E-state index contributed by atoms with van der Waals surface area (Å²) in [6.07, 6.45) is 0. The number of rotatable bonds is 7. The second-order valence-corrected chi connectivity index (χ2v) is 4.52. The molecular formula is C15H20N4O2. The average Bonchev–Trinajstić information content (AvgIpc) is 2.50. The van der Waals surface area contributed by atoms with Gasteiger partial charge < -0.3 is 20.5 Å². The molecule has 0 aliphatic carbocycles. The van der Waals surface area contributed by atoms with Crippen LogP contribution in [-0.4, -0.2) is 30.3 Å². The number of methoxy groups -OCH3 is 1. The number of aryl methyl sites for hydroxylation is 1. The Kier molecular flexibility index (Phi) is 5.34. The van der Waals surface area contributed by atoms with E-state index >= 15 is 0 Å². The number of ether oxygens (including phenoxy) is 2. The summed E-state index contributed by atoms with van der Waals surface area (Å²) in [6.45, 7) is 3.32. The Bertz CT molecular complexity index is 575. The topological polar surface area (TPSA) is 82.3 Å². The highest BCUT2D eigenvalue weighted by Crippen LogP contribution is 2.26. The molecule has 0 spiro atoms. The molecular weight excluding hydrogens is 268 g/mol. The summed E-state index contributed by atoms with van der Waals surface area (Å²) in [5.74, 6) is 1.57. The molecule has 21 heavy (non-hydrogen) atoms. The zero-order valence-corrected chi connectivity index (χ0v) is 12.3. The number of aromatic nitrogens is 2. The Morgan fingerprint density at radius 3 is 2.62 bits per heavy atom. The first-order valence-electron chi connectivity index (χ1n) is 6.74. The zero-order valence-electron chi connectivity index (χ0n) is 12.3. The van der Waals surface area contributed by atoms with Gasteiger partial charge in [-0.25, -0.2) is 4.98 Å². The monoisotopic (exact) mass is 288 g/mol. The molecule has 0 saturated carbocycles. The van der Waals surface area contributed by atoms with Gasteiger partial charge in [-0.05, 0) is 12.5 Å². The van der Waals surface area contributed by atoms with Crippen molar-refractivity contribution in [3.8, 4) is 5.88 Å². The normalized spacial score (nSPS) is 10.4. The molecule has 1 aromatic carbocycles. The molecule has 2 aromatic rings. The molecule has 0 fully saturated rings. The van der Waals surface area contributed by atoms with Crippen LogP contribution in [0.3, 0.4) is 0 Å². The van der Waals surface area contributed by atoms with Crippen molar-refractivity contribution in [2.75, 3.05) is 31.4 Å². The second kappa shape index (κ2) is 7.44. The molecule has 0 unspecified atom stereocenters. The van der Waals surface area contributed by atoms with Crippen LogP contribution in [0.15, 0.2) is 30.3 Å². The fourth-order valence-electron chi connectivity index (χ4n) is 1.80. The first kappa shape index (κ1) is 15.1. The van der Waals surface area contributed by atoms with E-state index < -0.39 is 0 Å². The van der Waals surface area contributed by atoms with Gasteiger partial charge in [0, 0.05) is 13.7 Å². The maximum atomic E-state index is 6.05. The van der Waals surface area contributed by atoms with E-state index in [1.54, 1.807) is 14.0 Å². The third-order valence-electron chi connectivity index (χ3n) is 2.85. The van der Waals surface area contributed by atoms with Crippen molar-refractivity contribution in [2.24, 2.45) is 0 Å². The van der Waals surface area contributed by atoms with Crippen molar-refractivity contribution in [3.05, 3.63) is 41.7 Å². The Hall–Kier alpha value is -2.34. The van der Waals surface area contributed by atoms with E-state index in [-0.39, 0.29) is 0 Å². The summed E-state index contributed by atoms with van der Waals surface area (Å²) < 4.78 is 10.5. The molecule has 0 bridgehead atoms. The summed E-state index contributed by atoms with van der Waals surface area (Å²) in [5.41, 5.74) is 7.60. The number of hydrogen-bond acceptors (Lipinski definition) is 6. The number of nitrogens with one attached hydrogen (secondary N) is 1. The minimum atomic E-state index is 0.384. The maximum absolute atomic E-state index is 6.05. The van der Waals surface area contributed by atoms with Gasteiger partial charge in [-0.3, -0.25) is 0 Å².